The van der Waals surface area contributed by atoms with Crippen molar-refractivity contribution >= 4 is 5.97 Å². The van der Waals surface area contributed by atoms with Crippen LogP contribution in [0.1, 0.15) is 51.9 Å². The molecular weight excluding hydrogens is 272 g/mol. The Morgan fingerprint density at radius 3 is 2.62 bits per heavy atom. The van der Waals surface area contributed by atoms with E-state index in [1.165, 1.54) is 0 Å². The highest BCUT2D eigenvalue weighted by molar-refractivity contribution is 5.66. The van der Waals surface area contributed by atoms with Crippen LogP contribution in [-0.4, -0.2) is 44.7 Å². The zero-order valence-electron chi connectivity index (χ0n) is 12.7. The van der Waals surface area contributed by atoms with Crippen molar-refractivity contribution in [3.63, 3.8) is 0 Å². The number of aliphatic carboxylic acids is 1. The normalized spacial score (nSPS) is 30.9. The lowest BCUT2D eigenvalue weighted by atomic mass is 9.88. The molecule has 1 aliphatic carbocycles. The zero-order chi connectivity index (χ0) is 15.8. The number of hydrogen-bond donors (Lipinski definition) is 4. The number of carboxylic acids is 1. The summed E-state index contributed by atoms with van der Waals surface area (Å²) in [4.78, 5) is 10.7. The van der Waals surface area contributed by atoms with Crippen LogP contribution in [0.15, 0.2) is 12.2 Å². The van der Waals surface area contributed by atoms with Gasteiger partial charge in [-0.2, -0.15) is 0 Å². The number of carbonyl (C=O) groups is 1. The van der Waals surface area contributed by atoms with Crippen LogP contribution in [0, 0.1) is 11.8 Å². The van der Waals surface area contributed by atoms with E-state index in [4.69, 9.17) is 5.11 Å². The summed E-state index contributed by atoms with van der Waals surface area (Å²) in [7, 11) is 0. The van der Waals surface area contributed by atoms with Crippen LogP contribution in [0.2, 0.25) is 0 Å². The molecule has 0 radical (unpaired) electrons. The predicted molar refractivity (Wildman–Crippen MR) is 79.8 cm³/mol. The van der Waals surface area contributed by atoms with E-state index in [9.17, 15) is 20.1 Å². The van der Waals surface area contributed by atoms with E-state index in [2.05, 4.69) is 6.92 Å². The number of rotatable bonds is 9. The number of hydrogen-bond acceptors (Lipinski definition) is 4. The van der Waals surface area contributed by atoms with Gasteiger partial charge in [-0.15, -0.1) is 0 Å². The zero-order valence-corrected chi connectivity index (χ0v) is 12.7. The van der Waals surface area contributed by atoms with Gasteiger partial charge in [0.05, 0.1) is 18.3 Å². The number of aliphatic hydroxyl groups excluding tert-OH is 3. The summed E-state index contributed by atoms with van der Waals surface area (Å²) in [5.74, 6) is -1.43. The smallest absolute Gasteiger partial charge is 0.303 e. The molecule has 122 valence electrons. The third kappa shape index (κ3) is 6.16. The third-order valence-electron chi connectivity index (χ3n) is 4.27. The quantitative estimate of drug-likeness (QED) is 0.384. The summed E-state index contributed by atoms with van der Waals surface area (Å²) >= 11 is 0. The first-order valence-corrected chi connectivity index (χ1v) is 7.90. The SMILES string of the molecule is CCCCC[C@H](O)/C=C/[C@@H]1[C@@H](CCC(=O)O)[C@@H](O)C[C@H]1O. The standard InChI is InChI=1S/C16H28O5/c1-2-3-4-5-11(17)6-7-12-13(8-9-16(20)21)15(19)10-14(12)18/h6-7,11-15,17-19H,2-5,8-10H2,1H3,(H,20,21)/b7-6+/t11-,12+,13+,14+,15-/m0/s1. The van der Waals surface area contributed by atoms with Gasteiger partial charge in [0, 0.05) is 18.8 Å². The van der Waals surface area contributed by atoms with Crippen molar-refractivity contribution < 1.29 is 25.2 Å². The van der Waals surface area contributed by atoms with Crippen molar-refractivity contribution in [2.45, 2.75) is 70.2 Å². The Labute approximate surface area is 126 Å². The lowest BCUT2D eigenvalue weighted by Gasteiger charge is -2.20. The van der Waals surface area contributed by atoms with Crippen molar-refractivity contribution in [2.24, 2.45) is 11.8 Å². The maximum Gasteiger partial charge on any atom is 0.303 e. The minimum absolute atomic E-state index is 0.0160. The van der Waals surface area contributed by atoms with Gasteiger partial charge in [-0.25, -0.2) is 0 Å². The monoisotopic (exact) mass is 300 g/mol. The largest absolute Gasteiger partial charge is 0.481 e. The molecule has 0 unspecified atom stereocenters. The molecule has 0 bridgehead atoms. The topological polar surface area (TPSA) is 98.0 Å². The Balaban J connectivity index is 2.53. The van der Waals surface area contributed by atoms with E-state index in [1.54, 1.807) is 12.2 Å². The Bertz CT molecular complexity index is 342. The summed E-state index contributed by atoms with van der Waals surface area (Å²) < 4.78 is 0. The van der Waals surface area contributed by atoms with Crippen molar-refractivity contribution in [1.29, 1.82) is 0 Å². The Morgan fingerprint density at radius 1 is 1.29 bits per heavy atom. The minimum Gasteiger partial charge on any atom is -0.481 e. The maximum atomic E-state index is 10.7. The van der Waals surface area contributed by atoms with Gasteiger partial charge in [-0.3, -0.25) is 4.79 Å². The van der Waals surface area contributed by atoms with Gasteiger partial charge in [0.15, 0.2) is 0 Å². The van der Waals surface area contributed by atoms with Gasteiger partial charge in [0.1, 0.15) is 0 Å². The van der Waals surface area contributed by atoms with Crippen molar-refractivity contribution in [3.05, 3.63) is 12.2 Å². The number of aliphatic hydroxyl groups is 3. The summed E-state index contributed by atoms with van der Waals surface area (Å²) in [6.45, 7) is 2.10. The van der Waals surface area contributed by atoms with Crippen LogP contribution in [0.4, 0.5) is 0 Å². The van der Waals surface area contributed by atoms with Gasteiger partial charge < -0.3 is 20.4 Å². The van der Waals surface area contributed by atoms with Crippen LogP contribution in [0.25, 0.3) is 0 Å². The molecule has 1 saturated carbocycles. The molecule has 5 atom stereocenters. The van der Waals surface area contributed by atoms with E-state index >= 15 is 0 Å². The van der Waals surface area contributed by atoms with Crippen molar-refractivity contribution in [3.8, 4) is 0 Å². The molecule has 0 aromatic carbocycles. The second kappa shape index (κ2) is 9.18. The van der Waals surface area contributed by atoms with Gasteiger partial charge in [-0.1, -0.05) is 38.3 Å². The van der Waals surface area contributed by atoms with Crippen LogP contribution in [0.5, 0.6) is 0 Å². The summed E-state index contributed by atoms with van der Waals surface area (Å²) in [6, 6.07) is 0. The first-order valence-electron chi connectivity index (χ1n) is 7.90. The number of carboxylic acid groups (broad SMARTS) is 1. The maximum absolute atomic E-state index is 10.7. The molecule has 1 aliphatic rings. The van der Waals surface area contributed by atoms with E-state index in [0.717, 1.165) is 19.3 Å². The first kappa shape index (κ1) is 18.1. The summed E-state index contributed by atoms with van der Waals surface area (Å²) in [6.07, 6.45) is 5.97. The Hall–Kier alpha value is -0.910. The van der Waals surface area contributed by atoms with Crippen LogP contribution < -0.4 is 0 Å². The first-order chi connectivity index (χ1) is 9.95. The average molecular weight is 300 g/mol. The van der Waals surface area contributed by atoms with Gasteiger partial charge in [0.25, 0.3) is 0 Å². The highest BCUT2D eigenvalue weighted by atomic mass is 16.4. The van der Waals surface area contributed by atoms with Gasteiger partial charge in [0.2, 0.25) is 0 Å². The lowest BCUT2D eigenvalue weighted by Crippen LogP contribution is -2.22. The molecule has 0 saturated heterocycles. The molecule has 1 fully saturated rings. The van der Waals surface area contributed by atoms with Gasteiger partial charge >= 0.3 is 5.97 Å². The third-order valence-corrected chi connectivity index (χ3v) is 4.27. The van der Waals surface area contributed by atoms with Crippen molar-refractivity contribution in [2.75, 3.05) is 0 Å². The fourth-order valence-corrected chi connectivity index (χ4v) is 3.02. The van der Waals surface area contributed by atoms with E-state index < -0.39 is 24.3 Å². The average Bonchev–Trinajstić information content (AvgIpc) is 2.68. The van der Waals surface area contributed by atoms with Crippen molar-refractivity contribution in [1.82, 2.24) is 0 Å². The molecule has 0 aromatic heterocycles. The second-order valence-corrected chi connectivity index (χ2v) is 5.99. The van der Waals surface area contributed by atoms with E-state index in [-0.39, 0.29) is 24.7 Å². The molecule has 0 heterocycles. The molecule has 5 nitrogen and oxygen atoms in total. The number of unbranched alkanes of at least 4 members (excludes halogenated alkanes) is 2. The molecule has 5 heteroatoms. The van der Waals surface area contributed by atoms with E-state index in [1.807, 2.05) is 0 Å². The molecule has 21 heavy (non-hydrogen) atoms. The molecule has 1 rings (SSSR count). The summed E-state index contributed by atoms with van der Waals surface area (Å²) in [5, 5.41) is 38.5. The Kier molecular flexibility index (Phi) is 7.93. The highest BCUT2D eigenvalue weighted by Crippen LogP contribution is 2.36. The molecular formula is C16H28O5. The fraction of sp³-hybridized carbons (Fsp3) is 0.812. The minimum atomic E-state index is -0.897. The van der Waals surface area contributed by atoms with Crippen LogP contribution in [0.3, 0.4) is 0 Å². The summed E-state index contributed by atoms with van der Waals surface area (Å²) in [5.41, 5.74) is 0. The van der Waals surface area contributed by atoms with Crippen LogP contribution >= 0.6 is 0 Å². The molecule has 0 spiro atoms. The van der Waals surface area contributed by atoms with E-state index in [0.29, 0.717) is 12.8 Å². The van der Waals surface area contributed by atoms with Gasteiger partial charge in [-0.05, 0) is 18.8 Å². The van der Waals surface area contributed by atoms with Crippen LogP contribution in [-0.2, 0) is 4.79 Å². The lowest BCUT2D eigenvalue weighted by molar-refractivity contribution is -0.137. The fourth-order valence-electron chi connectivity index (χ4n) is 3.02. The Morgan fingerprint density at radius 2 is 2.00 bits per heavy atom. The predicted octanol–water partition coefficient (Wildman–Crippen LogP) is 1.71. The molecule has 0 amide bonds. The molecule has 0 aromatic rings. The highest BCUT2D eigenvalue weighted by Gasteiger charge is 2.40. The molecule has 4 N–H and O–H groups in total. The molecule has 0 aliphatic heterocycles. The second-order valence-electron chi connectivity index (χ2n) is 5.99.